The Morgan fingerprint density at radius 2 is 1.96 bits per heavy atom. The number of halogens is 1. The van der Waals surface area contributed by atoms with Gasteiger partial charge in [0, 0.05) is 10.6 Å². The van der Waals surface area contributed by atoms with Crippen LogP contribution in [0, 0.1) is 39.4 Å². The largest absolute Gasteiger partial charge is 0.349 e. The van der Waals surface area contributed by atoms with E-state index in [-0.39, 0.29) is 11.9 Å². The monoisotopic (exact) mass is 328 g/mol. The smallest absolute Gasteiger partial charge is 0.169 e. The molecule has 23 heavy (non-hydrogen) atoms. The first-order valence-corrected chi connectivity index (χ1v) is 7.86. The van der Waals surface area contributed by atoms with Crippen LogP contribution < -0.4 is 0 Å². The lowest BCUT2D eigenvalue weighted by atomic mass is 9.86. The third-order valence-corrected chi connectivity index (χ3v) is 5.64. The maximum absolute atomic E-state index is 12.9. The van der Waals surface area contributed by atoms with Crippen LogP contribution in [0.1, 0.15) is 23.2 Å². The highest BCUT2D eigenvalue weighted by Crippen LogP contribution is 2.76. The van der Waals surface area contributed by atoms with Gasteiger partial charge in [0.1, 0.15) is 0 Å². The highest BCUT2D eigenvalue weighted by molar-refractivity contribution is 6.30. The summed E-state index contributed by atoms with van der Waals surface area (Å²) < 4.78 is 11.4. The molecule has 1 spiro atoms. The van der Waals surface area contributed by atoms with Gasteiger partial charge in [0.15, 0.2) is 17.5 Å². The van der Waals surface area contributed by atoms with Gasteiger partial charge in [0.2, 0.25) is 0 Å². The van der Waals surface area contributed by atoms with Crippen molar-refractivity contribution in [2.45, 2.75) is 25.2 Å². The molecular weight excluding hydrogens is 316 g/mol. The van der Waals surface area contributed by atoms with Crippen LogP contribution in [0.15, 0.2) is 24.3 Å². The summed E-state index contributed by atoms with van der Waals surface area (Å²) in [5.41, 5.74) is -1.80. The van der Waals surface area contributed by atoms with Crippen LogP contribution in [0.5, 0.6) is 0 Å². The number of carbonyl (C=O) groups is 1. The van der Waals surface area contributed by atoms with Crippen LogP contribution in [-0.2, 0) is 9.47 Å². The third kappa shape index (κ3) is 1.70. The zero-order valence-corrected chi connectivity index (χ0v) is 12.9. The fraction of sp³-hybridized carbons (Fsp3) is 0.471. The standard InChI is InChI=1S/C17H13ClN2O3/c18-11-3-1-10(2-4-11)13(21)14-16(8-19,9-20)17(14)6-5-12-7-22-15(17)23-12/h1-4,12,14-15H,5-7H2/t12-,14?,15?,17?/m0/s1. The summed E-state index contributed by atoms with van der Waals surface area (Å²) in [7, 11) is 0. The summed E-state index contributed by atoms with van der Waals surface area (Å²) in [4.78, 5) is 12.9. The van der Waals surface area contributed by atoms with Crippen molar-refractivity contribution in [2.75, 3.05) is 6.61 Å². The molecule has 0 amide bonds. The Hall–Kier alpha value is -1.92. The van der Waals surface area contributed by atoms with Crippen LogP contribution in [0.25, 0.3) is 0 Å². The predicted octanol–water partition coefficient (Wildman–Crippen LogP) is 2.71. The lowest BCUT2D eigenvalue weighted by Gasteiger charge is -2.29. The molecule has 4 atom stereocenters. The lowest BCUT2D eigenvalue weighted by Crippen LogP contribution is -2.35. The second-order valence-corrected chi connectivity index (χ2v) is 6.77. The number of ketones is 1. The minimum Gasteiger partial charge on any atom is -0.349 e. The summed E-state index contributed by atoms with van der Waals surface area (Å²) in [5, 5.41) is 19.8. The second kappa shape index (κ2) is 4.79. The third-order valence-electron chi connectivity index (χ3n) is 5.39. The first kappa shape index (κ1) is 14.7. The average Bonchev–Trinajstić information content (AvgIpc) is 2.94. The van der Waals surface area contributed by atoms with Crippen molar-refractivity contribution in [3.05, 3.63) is 34.9 Å². The molecule has 2 heterocycles. The number of ether oxygens (including phenoxy) is 2. The maximum atomic E-state index is 12.9. The Balaban J connectivity index is 1.75. The number of nitrogens with zero attached hydrogens (tertiary/aromatic N) is 2. The number of benzene rings is 1. The van der Waals surface area contributed by atoms with E-state index in [0.29, 0.717) is 30.0 Å². The highest BCUT2D eigenvalue weighted by Gasteiger charge is 2.86. The first-order valence-electron chi connectivity index (χ1n) is 7.48. The molecular formula is C17H13ClN2O3. The Morgan fingerprint density at radius 3 is 2.61 bits per heavy atom. The molecule has 0 radical (unpaired) electrons. The SMILES string of the molecule is N#CC1(C#N)C(C(=O)c2ccc(Cl)cc2)C12CC[C@H]1COC2O1. The minimum atomic E-state index is -1.39. The Labute approximate surface area is 138 Å². The van der Waals surface area contributed by atoms with Crippen LogP contribution in [0.2, 0.25) is 5.02 Å². The van der Waals surface area contributed by atoms with E-state index in [2.05, 4.69) is 12.1 Å². The topological polar surface area (TPSA) is 83.1 Å². The molecule has 3 fully saturated rings. The van der Waals surface area contributed by atoms with Crippen LogP contribution >= 0.6 is 11.6 Å². The zero-order chi connectivity index (χ0) is 16.2. The van der Waals surface area contributed by atoms with Crippen LogP contribution in [0.3, 0.4) is 0 Å². The van der Waals surface area contributed by atoms with E-state index in [0.717, 1.165) is 0 Å². The number of carbonyl (C=O) groups excluding carboxylic acids is 1. The van der Waals surface area contributed by atoms with Gasteiger partial charge in [-0.25, -0.2) is 0 Å². The Bertz CT molecular complexity index is 750. The van der Waals surface area contributed by atoms with Gasteiger partial charge in [-0.15, -0.1) is 0 Å². The van der Waals surface area contributed by atoms with Gasteiger partial charge in [-0.3, -0.25) is 4.79 Å². The molecule has 2 saturated heterocycles. The van der Waals surface area contributed by atoms with Gasteiger partial charge in [-0.2, -0.15) is 10.5 Å². The van der Waals surface area contributed by atoms with E-state index in [9.17, 15) is 15.3 Å². The molecule has 4 rings (SSSR count). The number of hydrogen-bond donors (Lipinski definition) is 0. The Morgan fingerprint density at radius 1 is 1.26 bits per heavy atom. The molecule has 0 N–H and O–H groups in total. The van der Waals surface area contributed by atoms with Gasteiger partial charge in [-0.05, 0) is 37.1 Å². The lowest BCUT2D eigenvalue weighted by molar-refractivity contribution is -0.140. The molecule has 2 aliphatic heterocycles. The van der Waals surface area contributed by atoms with E-state index in [1.165, 1.54) is 0 Å². The number of hydrogen-bond acceptors (Lipinski definition) is 5. The normalized spacial score (nSPS) is 36.2. The molecule has 2 bridgehead atoms. The maximum Gasteiger partial charge on any atom is 0.169 e. The predicted molar refractivity (Wildman–Crippen MR) is 79.2 cm³/mol. The van der Waals surface area contributed by atoms with Crippen molar-refractivity contribution >= 4 is 17.4 Å². The minimum absolute atomic E-state index is 0.00703. The number of fused-ring (bicyclic) bond motifs is 3. The van der Waals surface area contributed by atoms with E-state index in [1.807, 2.05) is 0 Å². The van der Waals surface area contributed by atoms with Gasteiger partial charge in [0.25, 0.3) is 0 Å². The van der Waals surface area contributed by atoms with Crippen molar-refractivity contribution in [3.63, 3.8) is 0 Å². The molecule has 6 heteroatoms. The fourth-order valence-electron chi connectivity index (χ4n) is 4.18. The molecule has 3 aliphatic rings. The van der Waals surface area contributed by atoms with E-state index in [4.69, 9.17) is 21.1 Å². The summed E-state index contributed by atoms with van der Waals surface area (Å²) >= 11 is 5.86. The van der Waals surface area contributed by atoms with Gasteiger partial charge < -0.3 is 9.47 Å². The summed E-state index contributed by atoms with van der Waals surface area (Å²) in [5.74, 6) is -0.947. The summed E-state index contributed by atoms with van der Waals surface area (Å²) in [6, 6.07) is 10.7. The van der Waals surface area contributed by atoms with Gasteiger partial charge in [-0.1, -0.05) is 11.6 Å². The highest BCUT2D eigenvalue weighted by atomic mass is 35.5. The molecule has 116 valence electrons. The second-order valence-electron chi connectivity index (χ2n) is 6.34. The Kier molecular flexibility index (Phi) is 3.05. The average molecular weight is 329 g/mol. The van der Waals surface area contributed by atoms with E-state index in [1.54, 1.807) is 24.3 Å². The summed E-state index contributed by atoms with van der Waals surface area (Å²) in [6.07, 6.45) is 0.647. The number of Topliss-reactive ketones (excluding diaryl/α,β-unsaturated/α-hetero) is 1. The summed E-state index contributed by atoms with van der Waals surface area (Å²) in [6.45, 7) is 0.460. The molecule has 0 aromatic heterocycles. The van der Waals surface area contributed by atoms with Crippen molar-refractivity contribution < 1.29 is 14.3 Å². The van der Waals surface area contributed by atoms with Crippen molar-refractivity contribution in [1.29, 1.82) is 10.5 Å². The molecule has 5 nitrogen and oxygen atoms in total. The van der Waals surface area contributed by atoms with Gasteiger partial charge >= 0.3 is 0 Å². The number of rotatable bonds is 2. The van der Waals surface area contributed by atoms with Crippen LogP contribution in [0.4, 0.5) is 0 Å². The van der Waals surface area contributed by atoms with Crippen molar-refractivity contribution in [3.8, 4) is 12.1 Å². The fourth-order valence-corrected chi connectivity index (χ4v) is 4.31. The quantitative estimate of drug-likeness (QED) is 0.779. The molecule has 1 aromatic carbocycles. The number of nitriles is 2. The van der Waals surface area contributed by atoms with Crippen molar-refractivity contribution in [2.24, 2.45) is 16.7 Å². The molecule has 3 unspecified atom stereocenters. The van der Waals surface area contributed by atoms with Gasteiger partial charge in [0.05, 0.1) is 36.2 Å². The van der Waals surface area contributed by atoms with E-state index < -0.39 is 23.0 Å². The first-order chi connectivity index (χ1) is 11.1. The molecule has 1 saturated carbocycles. The van der Waals surface area contributed by atoms with Crippen LogP contribution in [-0.4, -0.2) is 24.8 Å². The molecule has 1 aliphatic carbocycles. The van der Waals surface area contributed by atoms with Crippen molar-refractivity contribution in [1.82, 2.24) is 0 Å². The zero-order valence-electron chi connectivity index (χ0n) is 12.2. The van der Waals surface area contributed by atoms with E-state index >= 15 is 0 Å². The molecule has 1 aromatic rings.